The molecule has 0 bridgehead atoms. The fourth-order valence-corrected chi connectivity index (χ4v) is 19.3. The zero-order valence-electron chi connectivity index (χ0n) is 81.6. The molecule has 3 aromatic carbocycles. The Morgan fingerprint density at radius 1 is 0.610 bits per heavy atom. The van der Waals surface area contributed by atoms with Gasteiger partial charge in [0.2, 0.25) is 82.7 Å². The van der Waals surface area contributed by atoms with Crippen LogP contribution >= 0.6 is 11.8 Å². The number of rotatable bonds is 29. The van der Waals surface area contributed by atoms with Crippen molar-refractivity contribution in [2.24, 2.45) is 52.7 Å². The van der Waals surface area contributed by atoms with Crippen molar-refractivity contribution in [1.82, 2.24) is 77.0 Å². The van der Waals surface area contributed by atoms with E-state index < -0.39 is 277 Å². The largest absolute Gasteiger partial charge is 0.508 e. The number of aliphatic carboxylic acids is 2. The molecule has 2 aromatic heterocycles. The zero-order valence-corrected chi connectivity index (χ0v) is 82.5. The average Bonchev–Trinajstić information content (AvgIpc) is 1.55. The van der Waals surface area contributed by atoms with E-state index in [0.717, 1.165) is 31.4 Å². The minimum atomic E-state index is -1.78. The van der Waals surface area contributed by atoms with Crippen LogP contribution in [0.3, 0.4) is 0 Å². The number of aliphatic hydroxyl groups excluding tert-OH is 1. The fraction of sp³-hybridized carbons (Fsp3) is 0.566. The number of para-hydroxylation sites is 2. The number of aromatic nitrogens is 2. The molecule has 41 nitrogen and oxygen atoms in total. The molecule has 3 fully saturated rings. The van der Waals surface area contributed by atoms with Gasteiger partial charge in [-0.1, -0.05) is 116 Å². The number of thioether (sulfide) groups is 1. The minimum absolute atomic E-state index is 0.00184. The predicted octanol–water partition coefficient (Wildman–Crippen LogP) is 1.04. The molecule has 768 valence electrons. The van der Waals surface area contributed by atoms with Gasteiger partial charge < -0.3 is 115 Å². The summed E-state index contributed by atoms with van der Waals surface area (Å²) in [4.78, 5) is 285. The lowest BCUT2D eigenvalue weighted by Gasteiger charge is -2.36. The number of likely N-dealkylation sites (N-methyl/N-ethyl adjacent to an activating group) is 3. The number of aromatic amines is 1. The van der Waals surface area contributed by atoms with Crippen LogP contribution in [0.5, 0.6) is 5.75 Å². The molecular weight excluding hydrogens is 1840 g/mol. The van der Waals surface area contributed by atoms with Gasteiger partial charge in [-0.15, -0.1) is 24.1 Å². The number of phenolic OH excluding ortho intramolecular Hbond substituents is 1. The maximum absolute atomic E-state index is 16.0. The van der Waals surface area contributed by atoms with Gasteiger partial charge >= 0.3 is 11.9 Å². The van der Waals surface area contributed by atoms with Crippen LogP contribution in [0.25, 0.3) is 21.8 Å². The van der Waals surface area contributed by atoms with Gasteiger partial charge in [0, 0.05) is 130 Å². The Balaban J connectivity index is 1.22. The van der Waals surface area contributed by atoms with E-state index >= 15 is 38.4 Å². The number of nitrogens with two attached hydrogens (primary N) is 3. The van der Waals surface area contributed by atoms with Crippen molar-refractivity contribution in [2.75, 3.05) is 58.8 Å². The first-order valence-corrected chi connectivity index (χ1v) is 49.2. The molecule has 2 saturated heterocycles. The van der Waals surface area contributed by atoms with Gasteiger partial charge in [-0.25, -0.2) is 4.79 Å². The van der Waals surface area contributed by atoms with Crippen LogP contribution in [0, 0.1) is 47.9 Å². The van der Waals surface area contributed by atoms with Crippen LogP contribution in [0.4, 0.5) is 0 Å². The van der Waals surface area contributed by atoms with Crippen molar-refractivity contribution in [3.8, 4) is 18.1 Å². The number of carbonyl (C=O) groups excluding carboxylic acids is 17. The smallest absolute Gasteiger partial charge is 0.327 e. The van der Waals surface area contributed by atoms with E-state index in [1.165, 1.54) is 63.1 Å². The molecule has 42 heteroatoms. The second-order valence-electron chi connectivity index (χ2n) is 37.7. The summed E-state index contributed by atoms with van der Waals surface area (Å²) in [5.41, 5.74) is 20.7. The Morgan fingerprint density at radius 3 is 1.84 bits per heavy atom. The molecule has 4 heterocycles. The number of ketones is 3. The topological polar surface area (TPSA) is 625 Å². The van der Waals surface area contributed by atoms with Gasteiger partial charge in [-0.05, 0) is 130 Å². The Labute approximate surface area is 823 Å². The van der Waals surface area contributed by atoms with Crippen molar-refractivity contribution >= 4 is 146 Å². The highest BCUT2D eigenvalue weighted by Gasteiger charge is 2.48. The number of benzene rings is 3. The standard InChI is InChI=1S/C99H138N18O23S/c1-12-15-26-78-93(133)108-71(38-55(6)7)92(132)112-76(90(130)104-49-84(123)105-70(22-14-3)99(139)140)52-141-53-85(124)106-72(39-57-30-32-62(118)33-31-57)95(135)113(9)56(8)88(128)109-74(46-83(102)122)97(137)117-36-21-29-79(117)94(134)111-75(47-101)82(121)42-58(37-54(4)5)87(127)67-45-63(119)44-66(67)81(120)43-59(40-60-48-103-68-25-19-17-23-64(60)68)89(129)107-69(34-35-100)91(131)110-73(96(136)115(11)80(27-16-13-2)98(138)114(78)10)41-61-50-116(51-86(125)126)77-28-20-18-24-65(61)77/h3,17-20,23-25,28,30-33,48,50,54-56,58-59,63,66-67,69-76,78-80,103,118-119H,12-13,15-16,21-22,26-27,29,34-47,49,51-53,100-101H2,1-2,4-11H3,(H2,102,122)(H,104,130)(H,105,123)(H,106,124)(H,107,129)(H,108,133)(H,109,128)(H,110,131)(H,111,134)(H,112,132)(H,125,126)(H,139,140)/t56-,58+,59+,63+,66+,67?,69-,70-,71-,72-,73-,74-,75-,76-,78-,79-,80-/m0/s1. The average molecular weight is 1980 g/mol. The highest BCUT2D eigenvalue weighted by Crippen LogP contribution is 2.40. The Kier molecular flexibility index (Phi) is 43.4. The number of carboxylic acid groups (broad SMARTS) is 2. The molecule has 1 saturated carbocycles. The summed E-state index contributed by atoms with van der Waals surface area (Å²) in [7, 11) is 3.88. The molecule has 141 heavy (non-hydrogen) atoms. The normalized spacial score (nSPS) is 25.0. The summed E-state index contributed by atoms with van der Waals surface area (Å²) >= 11 is 0.728. The predicted molar refractivity (Wildman–Crippen MR) is 522 cm³/mol. The lowest BCUT2D eigenvalue weighted by Crippen LogP contribution is -2.60. The maximum Gasteiger partial charge on any atom is 0.327 e. The third-order valence-electron chi connectivity index (χ3n) is 26.1. The molecule has 3 aliphatic rings. The van der Waals surface area contributed by atoms with E-state index in [9.17, 15) is 73.2 Å². The van der Waals surface area contributed by atoms with Gasteiger partial charge in [0.05, 0.1) is 30.9 Å². The molecule has 0 radical (unpaired) electrons. The monoisotopic (exact) mass is 1980 g/mol. The highest BCUT2D eigenvalue weighted by molar-refractivity contribution is 8.00. The quantitative estimate of drug-likeness (QED) is 0.0297. The van der Waals surface area contributed by atoms with Crippen molar-refractivity contribution in [2.45, 2.75) is 262 Å². The van der Waals surface area contributed by atoms with E-state index in [2.05, 4.69) is 58.8 Å². The number of fused-ring (bicyclic) bond motifs is 4. The van der Waals surface area contributed by atoms with Crippen molar-refractivity contribution < 1.29 is 112 Å². The number of primary amides is 1. The van der Waals surface area contributed by atoms with Gasteiger partial charge in [-0.2, -0.15) is 0 Å². The van der Waals surface area contributed by atoms with Crippen LogP contribution in [-0.4, -0.2) is 299 Å². The Morgan fingerprint density at radius 2 is 1.21 bits per heavy atom. The van der Waals surface area contributed by atoms with E-state index in [4.69, 9.17) is 23.6 Å². The van der Waals surface area contributed by atoms with Crippen LogP contribution in [-0.2, 0) is 117 Å². The second kappa shape index (κ2) is 54.0. The van der Waals surface area contributed by atoms with Crippen molar-refractivity contribution in [3.63, 3.8) is 0 Å². The van der Waals surface area contributed by atoms with E-state index in [1.54, 1.807) is 82.4 Å². The molecule has 20 N–H and O–H groups in total. The first kappa shape index (κ1) is 113. The third kappa shape index (κ3) is 31.9. The summed E-state index contributed by atoms with van der Waals surface area (Å²) in [6.07, 6.45) is 4.97. The number of carboxylic acids is 2. The first-order chi connectivity index (χ1) is 66.9. The van der Waals surface area contributed by atoms with E-state index in [0.29, 0.717) is 64.2 Å². The van der Waals surface area contributed by atoms with Crippen LogP contribution < -0.4 is 65.1 Å². The number of aromatic hydroxyl groups is 1. The van der Waals surface area contributed by atoms with Crippen LogP contribution in [0.15, 0.2) is 85.2 Å². The SMILES string of the molecule is C#CC[C@H](NC(=O)CNC(=O)[C@@H]1CSCC(=O)N[C@@H](Cc2ccc(O)cc2)C(=O)N(C)[C@@H](C)C(=O)N[C@@H](CC(N)=O)C(=O)N2CCC[C@H]2C(=O)N[C@@H](CN)C(=O)C[C@@H](CC(C)C)C(=O)C2C[C@H](O)C[C@H]2C(=O)C[C@@H](Cc2c[nH]c3ccccc23)C(=O)N[C@@H](CCN)C(=O)N[C@@H](Cc2cn(CC(=O)O)c3ccccc23)C(=O)N(C)[C@@H](CCCC)C(=O)N(C)[C@@H](CCCC)C(=O)N[C@@H](CC(C)C)C(=O)N1)C(=O)O. The first-order valence-electron chi connectivity index (χ1n) is 48.0. The zero-order chi connectivity index (χ0) is 104. The third-order valence-corrected chi connectivity index (χ3v) is 27.1. The van der Waals surface area contributed by atoms with Gasteiger partial charge in [-0.3, -0.25) is 86.3 Å². The molecule has 1 aliphatic carbocycles. The molecule has 1 unspecified atom stereocenters. The summed E-state index contributed by atoms with van der Waals surface area (Å²) in [6, 6.07) is 0.798. The van der Waals surface area contributed by atoms with Crippen LogP contribution in [0.2, 0.25) is 0 Å². The lowest BCUT2D eigenvalue weighted by molar-refractivity contribution is -0.149. The number of nitrogens with one attached hydrogen (secondary N) is 10. The number of hydrogen-bond donors (Lipinski definition) is 17. The van der Waals surface area contributed by atoms with Crippen LogP contribution in [0.1, 0.15) is 174 Å². The summed E-state index contributed by atoms with van der Waals surface area (Å²) in [6.45, 7) is 9.67. The number of aliphatic hydroxyl groups is 1. The van der Waals surface area contributed by atoms with Gasteiger partial charge in [0.1, 0.15) is 90.3 Å². The van der Waals surface area contributed by atoms with Crippen molar-refractivity contribution in [3.05, 3.63) is 102 Å². The minimum Gasteiger partial charge on any atom is -0.508 e. The number of unbranched alkanes of at least 4 members (excludes halogenated alkanes) is 2. The van der Waals surface area contributed by atoms with E-state index in [-0.39, 0.29) is 102 Å². The summed E-state index contributed by atoms with van der Waals surface area (Å²) in [5.74, 6) is -22.5. The van der Waals surface area contributed by atoms with Crippen molar-refractivity contribution in [1.29, 1.82) is 0 Å². The molecule has 5 aromatic rings. The number of phenols is 1. The number of hydrogen-bond acceptors (Lipinski definition) is 24. The fourth-order valence-electron chi connectivity index (χ4n) is 18.4. The number of Topliss-reactive ketones (excluding diaryl/α,β-unsaturated/α-hetero) is 3. The summed E-state index contributed by atoms with van der Waals surface area (Å²) in [5, 5.41) is 66.3. The molecule has 17 atom stereocenters. The number of nitrogens with zero attached hydrogens (tertiary/aromatic N) is 5. The second-order valence-corrected chi connectivity index (χ2v) is 38.7. The lowest BCUT2D eigenvalue weighted by atomic mass is 9.76. The number of carbonyl (C=O) groups is 19. The molecule has 14 amide bonds. The van der Waals surface area contributed by atoms with Gasteiger partial charge in [0.25, 0.3) is 0 Å². The molecule has 0 spiro atoms. The Hall–Kier alpha value is -13.1. The number of terminal acetylenes is 1. The molecule has 2 aliphatic heterocycles. The maximum atomic E-state index is 16.0. The van der Waals surface area contributed by atoms with Gasteiger partial charge in [0.15, 0.2) is 5.78 Å². The molecule has 8 rings (SSSR count). The number of amides is 14. The Bertz CT molecular complexity index is 5370. The number of H-pyrrole nitrogens is 1. The highest BCUT2D eigenvalue weighted by atomic mass is 32.2. The van der Waals surface area contributed by atoms with E-state index in [1.807, 2.05) is 13.8 Å². The molecular formula is C99H138N18O23S. The summed E-state index contributed by atoms with van der Waals surface area (Å²) < 4.78 is 1.44.